The molecule has 1 aromatic carbocycles. The summed E-state index contributed by atoms with van der Waals surface area (Å²) >= 11 is 0. The van der Waals surface area contributed by atoms with Crippen molar-refractivity contribution < 1.29 is 9.13 Å². The molecule has 2 aromatic rings. The number of hydrogen-bond donors (Lipinski definition) is 0. The van der Waals surface area contributed by atoms with E-state index >= 15 is 0 Å². The van der Waals surface area contributed by atoms with Crippen molar-refractivity contribution in [2.45, 2.75) is 6.92 Å². The molecule has 1 aliphatic rings. The molecule has 2 heterocycles. The van der Waals surface area contributed by atoms with Crippen LogP contribution in [0.1, 0.15) is 5.82 Å². The van der Waals surface area contributed by atoms with E-state index in [9.17, 15) is 4.39 Å². The molecule has 0 aliphatic carbocycles. The number of aryl methyl sites for hydroxylation is 1. The van der Waals surface area contributed by atoms with E-state index in [1.807, 2.05) is 6.92 Å². The third-order valence-corrected chi connectivity index (χ3v) is 3.20. The van der Waals surface area contributed by atoms with Gasteiger partial charge in [-0.3, -0.25) is 0 Å². The van der Waals surface area contributed by atoms with Crippen LogP contribution in [0.3, 0.4) is 0 Å². The number of benzene rings is 1. The number of anilines is 1. The molecule has 0 radical (unpaired) electrons. The molecule has 1 fully saturated rings. The number of nitrogens with zero attached hydrogens (tertiary/aromatic N) is 4. The van der Waals surface area contributed by atoms with Gasteiger partial charge in [-0.15, -0.1) is 10.2 Å². The highest BCUT2D eigenvalue weighted by Gasteiger charge is 2.19. The fourth-order valence-corrected chi connectivity index (χ4v) is 2.19. The lowest BCUT2D eigenvalue weighted by Crippen LogP contribution is -2.37. The SMILES string of the molecule is Cc1nnc(-c2ccc(F)cc2)c(N2CCOCC2)n1. The van der Waals surface area contributed by atoms with E-state index in [0.717, 1.165) is 24.5 Å². The molecule has 20 heavy (non-hydrogen) atoms. The van der Waals surface area contributed by atoms with E-state index in [2.05, 4.69) is 20.1 Å². The Balaban J connectivity index is 2.03. The van der Waals surface area contributed by atoms with Crippen LogP contribution >= 0.6 is 0 Å². The van der Waals surface area contributed by atoms with Crippen molar-refractivity contribution in [3.05, 3.63) is 35.9 Å². The molecule has 1 saturated heterocycles. The predicted octanol–water partition coefficient (Wildman–Crippen LogP) is 1.82. The molecule has 0 saturated carbocycles. The Kier molecular flexibility index (Phi) is 3.56. The summed E-state index contributed by atoms with van der Waals surface area (Å²) in [5.41, 5.74) is 1.49. The second kappa shape index (κ2) is 5.50. The summed E-state index contributed by atoms with van der Waals surface area (Å²) in [6.45, 7) is 4.70. The van der Waals surface area contributed by atoms with E-state index in [4.69, 9.17) is 4.74 Å². The molecule has 104 valence electrons. The lowest BCUT2D eigenvalue weighted by molar-refractivity contribution is 0.122. The number of hydrogen-bond acceptors (Lipinski definition) is 5. The monoisotopic (exact) mass is 274 g/mol. The van der Waals surface area contributed by atoms with Gasteiger partial charge in [0.05, 0.1) is 13.2 Å². The highest BCUT2D eigenvalue weighted by atomic mass is 19.1. The Morgan fingerprint density at radius 1 is 1.10 bits per heavy atom. The molecule has 0 bridgehead atoms. The number of aromatic nitrogens is 3. The minimum absolute atomic E-state index is 0.269. The quantitative estimate of drug-likeness (QED) is 0.836. The Labute approximate surface area is 116 Å². The van der Waals surface area contributed by atoms with Gasteiger partial charge in [-0.2, -0.15) is 0 Å². The van der Waals surface area contributed by atoms with Gasteiger partial charge in [0, 0.05) is 18.7 Å². The predicted molar refractivity (Wildman–Crippen MR) is 73.0 cm³/mol. The van der Waals surface area contributed by atoms with Gasteiger partial charge in [-0.1, -0.05) is 0 Å². The normalized spacial score (nSPS) is 15.4. The third kappa shape index (κ3) is 2.60. The number of morpholine rings is 1. The summed E-state index contributed by atoms with van der Waals surface area (Å²) in [5.74, 6) is 1.14. The molecule has 0 amide bonds. The topological polar surface area (TPSA) is 51.1 Å². The lowest BCUT2D eigenvalue weighted by atomic mass is 10.1. The van der Waals surface area contributed by atoms with Gasteiger partial charge in [0.25, 0.3) is 0 Å². The highest BCUT2D eigenvalue weighted by molar-refractivity contribution is 5.71. The summed E-state index contributed by atoms with van der Waals surface area (Å²) in [6.07, 6.45) is 0. The van der Waals surface area contributed by atoms with Crippen LogP contribution in [0.2, 0.25) is 0 Å². The minimum Gasteiger partial charge on any atom is -0.378 e. The summed E-state index contributed by atoms with van der Waals surface area (Å²) in [6, 6.07) is 6.22. The van der Waals surface area contributed by atoms with Crippen LogP contribution in [-0.2, 0) is 4.74 Å². The summed E-state index contributed by atoms with van der Waals surface area (Å²) in [4.78, 5) is 6.63. The first-order valence-electron chi connectivity index (χ1n) is 6.54. The van der Waals surface area contributed by atoms with Gasteiger partial charge in [-0.05, 0) is 31.2 Å². The molecule has 0 spiro atoms. The zero-order chi connectivity index (χ0) is 13.9. The van der Waals surface area contributed by atoms with Crippen molar-refractivity contribution in [3.8, 4) is 11.3 Å². The molecule has 0 unspecified atom stereocenters. The van der Waals surface area contributed by atoms with E-state index < -0.39 is 0 Å². The minimum atomic E-state index is -0.269. The zero-order valence-corrected chi connectivity index (χ0v) is 11.2. The van der Waals surface area contributed by atoms with Crippen LogP contribution in [0.4, 0.5) is 10.2 Å². The molecule has 3 rings (SSSR count). The second-order valence-corrected chi connectivity index (χ2v) is 4.64. The number of ether oxygens (including phenoxy) is 1. The molecule has 6 heteroatoms. The van der Waals surface area contributed by atoms with Gasteiger partial charge in [-0.25, -0.2) is 9.37 Å². The molecule has 0 atom stereocenters. The third-order valence-electron chi connectivity index (χ3n) is 3.20. The first-order valence-corrected chi connectivity index (χ1v) is 6.54. The summed E-state index contributed by atoms with van der Waals surface area (Å²) in [7, 11) is 0. The van der Waals surface area contributed by atoms with Crippen molar-refractivity contribution in [2.75, 3.05) is 31.2 Å². The lowest BCUT2D eigenvalue weighted by Gasteiger charge is -2.28. The molecule has 1 aromatic heterocycles. The fraction of sp³-hybridized carbons (Fsp3) is 0.357. The Bertz CT molecular complexity index is 597. The maximum absolute atomic E-state index is 13.0. The van der Waals surface area contributed by atoms with Crippen LogP contribution in [0.15, 0.2) is 24.3 Å². The van der Waals surface area contributed by atoms with Crippen molar-refractivity contribution in [3.63, 3.8) is 0 Å². The molecule has 5 nitrogen and oxygen atoms in total. The molecule has 0 N–H and O–H groups in total. The van der Waals surface area contributed by atoms with Crippen LogP contribution in [-0.4, -0.2) is 41.5 Å². The van der Waals surface area contributed by atoms with E-state index in [-0.39, 0.29) is 5.82 Å². The van der Waals surface area contributed by atoms with Crippen molar-refractivity contribution >= 4 is 5.82 Å². The first-order chi connectivity index (χ1) is 9.74. The van der Waals surface area contributed by atoms with Gasteiger partial charge in [0.2, 0.25) is 0 Å². The van der Waals surface area contributed by atoms with Gasteiger partial charge in [0.15, 0.2) is 5.82 Å². The Morgan fingerprint density at radius 2 is 1.80 bits per heavy atom. The van der Waals surface area contributed by atoms with Crippen LogP contribution < -0.4 is 4.90 Å². The maximum atomic E-state index is 13.0. The van der Waals surface area contributed by atoms with Crippen molar-refractivity contribution in [2.24, 2.45) is 0 Å². The van der Waals surface area contributed by atoms with Gasteiger partial charge in [0.1, 0.15) is 17.3 Å². The molecular weight excluding hydrogens is 259 g/mol. The second-order valence-electron chi connectivity index (χ2n) is 4.64. The maximum Gasteiger partial charge on any atom is 0.159 e. The van der Waals surface area contributed by atoms with Crippen molar-refractivity contribution in [1.29, 1.82) is 0 Å². The Hall–Kier alpha value is -2.08. The summed E-state index contributed by atoms with van der Waals surface area (Å²) in [5, 5.41) is 8.26. The zero-order valence-electron chi connectivity index (χ0n) is 11.2. The number of rotatable bonds is 2. The first kappa shape index (κ1) is 12.9. The molecule has 1 aliphatic heterocycles. The Morgan fingerprint density at radius 3 is 2.50 bits per heavy atom. The average Bonchev–Trinajstić information content (AvgIpc) is 2.49. The molecular formula is C14H15FN4O. The van der Waals surface area contributed by atoms with Crippen LogP contribution in [0.25, 0.3) is 11.3 Å². The fourth-order valence-electron chi connectivity index (χ4n) is 2.19. The van der Waals surface area contributed by atoms with E-state index in [1.54, 1.807) is 12.1 Å². The van der Waals surface area contributed by atoms with E-state index in [1.165, 1.54) is 12.1 Å². The van der Waals surface area contributed by atoms with Crippen LogP contribution in [0.5, 0.6) is 0 Å². The average molecular weight is 274 g/mol. The number of halogens is 1. The van der Waals surface area contributed by atoms with E-state index in [0.29, 0.717) is 24.7 Å². The van der Waals surface area contributed by atoms with Gasteiger partial charge < -0.3 is 9.64 Å². The highest BCUT2D eigenvalue weighted by Crippen LogP contribution is 2.27. The summed E-state index contributed by atoms with van der Waals surface area (Å²) < 4.78 is 18.4. The largest absolute Gasteiger partial charge is 0.378 e. The standard InChI is InChI=1S/C14H15FN4O/c1-10-16-14(19-6-8-20-9-7-19)13(18-17-10)11-2-4-12(15)5-3-11/h2-5H,6-9H2,1H3. The van der Waals surface area contributed by atoms with Crippen molar-refractivity contribution in [1.82, 2.24) is 15.2 Å². The van der Waals surface area contributed by atoms with Crippen LogP contribution in [0, 0.1) is 12.7 Å². The van der Waals surface area contributed by atoms with Gasteiger partial charge >= 0.3 is 0 Å². The smallest absolute Gasteiger partial charge is 0.159 e.